The molecule has 1 aromatic heterocycles. The van der Waals surface area contributed by atoms with Gasteiger partial charge in [-0.25, -0.2) is 4.68 Å². The van der Waals surface area contributed by atoms with Crippen LogP contribution in [0.2, 0.25) is 0 Å². The van der Waals surface area contributed by atoms with Crippen molar-refractivity contribution in [2.75, 3.05) is 7.05 Å². The molecule has 2 aromatic rings. The van der Waals surface area contributed by atoms with Gasteiger partial charge in [-0.2, -0.15) is 5.10 Å². The standard InChI is InChI=1S/C16H23N3/c1-6-16(17-5)14-7-9-15(10-8-14)19-13(4)11(2)12(3)18-19/h7-10,16-17H,6H2,1-5H3. The van der Waals surface area contributed by atoms with E-state index in [1.807, 2.05) is 11.7 Å². The molecule has 3 heteroatoms. The van der Waals surface area contributed by atoms with Crippen molar-refractivity contribution in [3.05, 3.63) is 46.8 Å². The highest BCUT2D eigenvalue weighted by atomic mass is 15.3. The Morgan fingerprint density at radius 2 is 1.79 bits per heavy atom. The summed E-state index contributed by atoms with van der Waals surface area (Å²) < 4.78 is 2.02. The number of nitrogens with zero attached hydrogens (tertiary/aromatic N) is 2. The molecule has 19 heavy (non-hydrogen) atoms. The summed E-state index contributed by atoms with van der Waals surface area (Å²) in [6, 6.07) is 9.09. The van der Waals surface area contributed by atoms with Gasteiger partial charge in [0.2, 0.25) is 0 Å². The Hall–Kier alpha value is -1.61. The van der Waals surface area contributed by atoms with Crippen molar-refractivity contribution in [2.24, 2.45) is 0 Å². The molecule has 0 aliphatic heterocycles. The summed E-state index contributed by atoms with van der Waals surface area (Å²) in [5.74, 6) is 0. The molecule has 1 unspecified atom stereocenters. The Balaban J connectivity index is 2.34. The van der Waals surface area contributed by atoms with E-state index in [0.717, 1.165) is 17.8 Å². The molecule has 1 aromatic carbocycles. The van der Waals surface area contributed by atoms with Crippen LogP contribution in [0.5, 0.6) is 0 Å². The molecule has 0 spiro atoms. The normalized spacial score (nSPS) is 12.7. The van der Waals surface area contributed by atoms with Crippen molar-refractivity contribution >= 4 is 0 Å². The topological polar surface area (TPSA) is 29.9 Å². The fourth-order valence-corrected chi connectivity index (χ4v) is 2.43. The van der Waals surface area contributed by atoms with Crippen molar-refractivity contribution in [1.29, 1.82) is 0 Å². The van der Waals surface area contributed by atoms with Gasteiger partial charge in [-0.15, -0.1) is 0 Å². The Morgan fingerprint density at radius 1 is 1.16 bits per heavy atom. The third-order valence-corrected chi connectivity index (χ3v) is 3.95. The van der Waals surface area contributed by atoms with E-state index < -0.39 is 0 Å². The van der Waals surface area contributed by atoms with Crippen LogP contribution < -0.4 is 5.32 Å². The van der Waals surface area contributed by atoms with E-state index in [-0.39, 0.29) is 0 Å². The fraction of sp³-hybridized carbons (Fsp3) is 0.438. The monoisotopic (exact) mass is 257 g/mol. The minimum absolute atomic E-state index is 0.427. The SMILES string of the molecule is CCC(NC)c1ccc(-n2nc(C)c(C)c2C)cc1. The van der Waals surface area contributed by atoms with Crippen molar-refractivity contribution in [3.63, 3.8) is 0 Å². The number of rotatable bonds is 4. The Morgan fingerprint density at radius 3 is 2.21 bits per heavy atom. The highest BCUT2D eigenvalue weighted by molar-refractivity contribution is 5.39. The summed E-state index contributed by atoms with van der Waals surface area (Å²) in [5.41, 5.74) is 6.04. The summed E-state index contributed by atoms with van der Waals surface area (Å²) >= 11 is 0. The first-order chi connectivity index (χ1) is 9.08. The highest BCUT2D eigenvalue weighted by Crippen LogP contribution is 2.20. The minimum atomic E-state index is 0.427. The van der Waals surface area contributed by atoms with E-state index in [2.05, 4.69) is 62.4 Å². The van der Waals surface area contributed by atoms with Crippen molar-refractivity contribution in [2.45, 2.75) is 40.2 Å². The largest absolute Gasteiger partial charge is 0.313 e. The molecule has 0 aliphatic carbocycles. The van der Waals surface area contributed by atoms with Crippen molar-refractivity contribution in [1.82, 2.24) is 15.1 Å². The second-order valence-corrected chi connectivity index (χ2v) is 5.05. The third kappa shape index (κ3) is 2.56. The van der Waals surface area contributed by atoms with Gasteiger partial charge in [-0.05, 0) is 57.5 Å². The average molecular weight is 257 g/mol. The summed E-state index contributed by atoms with van der Waals surface area (Å²) in [6.07, 6.45) is 1.09. The van der Waals surface area contributed by atoms with Gasteiger partial charge in [-0.3, -0.25) is 0 Å². The molecular weight excluding hydrogens is 234 g/mol. The summed E-state index contributed by atoms with van der Waals surface area (Å²) in [6.45, 7) is 8.49. The lowest BCUT2D eigenvalue weighted by atomic mass is 10.0. The van der Waals surface area contributed by atoms with E-state index in [0.29, 0.717) is 6.04 Å². The predicted octanol–water partition coefficient (Wildman–Crippen LogP) is 3.47. The Labute approximate surface area is 115 Å². The smallest absolute Gasteiger partial charge is 0.0649 e. The molecule has 0 saturated heterocycles. The molecule has 1 heterocycles. The molecule has 0 bridgehead atoms. The molecule has 2 rings (SSSR count). The minimum Gasteiger partial charge on any atom is -0.313 e. The zero-order valence-corrected chi connectivity index (χ0v) is 12.5. The van der Waals surface area contributed by atoms with Gasteiger partial charge in [0.05, 0.1) is 11.4 Å². The van der Waals surface area contributed by atoms with Crippen molar-refractivity contribution < 1.29 is 0 Å². The second kappa shape index (κ2) is 5.57. The first kappa shape index (κ1) is 13.8. The van der Waals surface area contributed by atoms with E-state index in [1.165, 1.54) is 16.8 Å². The van der Waals surface area contributed by atoms with Crippen LogP contribution in [0.4, 0.5) is 0 Å². The quantitative estimate of drug-likeness (QED) is 0.909. The van der Waals surface area contributed by atoms with Crippen LogP contribution in [0.1, 0.15) is 41.9 Å². The molecule has 0 saturated carbocycles. The maximum Gasteiger partial charge on any atom is 0.0649 e. The van der Waals surface area contributed by atoms with Gasteiger partial charge in [0, 0.05) is 11.7 Å². The third-order valence-electron chi connectivity index (χ3n) is 3.95. The molecule has 0 radical (unpaired) electrons. The van der Waals surface area contributed by atoms with Crippen LogP contribution in [0, 0.1) is 20.8 Å². The lowest BCUT2D eigenvalue weighted by Crippen LogP contribution is -2.15. The van der Waals surface area contributed by atoms with E-state index in [1.54, 1.807) is 0 Å². The summed E-state index contributed by atoms with van der Waals surface area (Å²) in [5, 5.41) is 7.93. The molecule has 102 valence electrons. The maximum atomic E-state index is 4.60. The lowest BCUT2D eigenvalue weighted by molar-refractivity contribution is 0.577. The lowest BCUT2D eigenvalue weighted by Gasteiger charge is -2.15. The van der Waals surface area contributed by atoms with Crippen LogP contribution in [0.15, 0.2) is 24.3 Å². The number of hydrogen-bond acceptors (Lipinski definition) is 2. The van der Waals surface area contributed by atoms with Gasteiger partial charge in [0.15, 0.2) is 0 Å². The number of hydrogen-bond donors (Lipinski definition) is 1. The van der Waals surface area contributed by atoms with Gasteiger partial charge in [-0.1, -0.05) is 19.1 Å². The second-order valence-electron chi connectivity index (χ2n) is 5.05. The van der Waals surface area contributed by atoms with Crippen LogP contribution in [0.25, 0.3) is 5.69 Å². The van der Waals surface area contributed by atoms with Crippen LogP contribution >= 0.6 is 0 Å². The van der Waals surface area contributed by atoms with E-state index >= 15 is 0 Å². The number of aromatic nitrogens is 2. The Bertz CT molecular complexity index is 548. The van der Waals surface area contributed by atoms with Crippen molar-refractivity contribution in [3.8, 4) is 5.69 Å². The number of aryl methyl sites for hydroxylation is 1. The molecule has 1 N–H and O–H groups in total. The zero-order chi connectivity index (χ0) is 14.0. The van der Waals surface area contributed by atoms with Crippen LogP contribution in [-0.2, 0) is 0 Å². The molecule has 0 fully saturated rings. The van der Waals surface area contributed by atoms with E-state index in [4.69, 9.17) is 0 Å². The zero-order valence-electron chi connectivity index (χ0n) is 12.5. The van der Waals surface area contributed by atoms with Crippen LogP contribution in [-0.4, -0.2) is 16.8 Å². The highest BCUT2D eigenvalue weighted by Gasteiger charge is 2.10. The first-order valence-electron chi connectivity index (χ1n) is 6.88. The summed E-state index contributed by atoms with van der Waals surface area (Å²) in [7, 11) is 2.01. The van der Waals surface area contributed by atoms with Crippen LogP contribution in [0.3, 0.4) is 0 Å². The Kier molecular flexibility index (Phi) is 4.05. The fourth-order valence-electron chi connectivity index (χ4n) is 2.43. The molecule has 1 atom stereocenters. The van der Waals surface area contributed by atoms with Gasteiger partial charge in [0.1, 0.15) is 0 Å². The number of benzene rings is 1. The predicted molar refractivity (Wildman–Crippen MR) is 79.9 cm³/mol. The van der Waals surface area contributed by atoms with Gasteiger partial charge >= 0.3 is 0 Å². The number of nitrogens with one attached hydrogen (secondary N) is 1. The van der Waals surface area contributed by atoms with E-state index in [9.17, 15) is 0 Å². The van der Waals surface area contributed by atoms with Gasteiger partial charge in [0.25, 0.3) is 0 Å². The molecule has 0 amide bonds. The molecule has 0 aliphatic rings. The first-order valence-corrected chi connectivity index (χ1v) is 6.88. The van der Waals surface area contributed by atoms with Gasteiger partial charge < -0.3 is 5.32 Å². The maximum absolute atomic E-state index is 4.60. The summed E-state index contributed by atoms with van der Waals surface area (Å²) in [4.78, 5) is 0. The molecule has 3 nitrogen and oxygen atoms in total. The average Bonchev–Trinajstić information content (AvgIpc) is 2.69. The molecular formula is C16H23N3.